The maximum atomic E-state index is 2.39. The third-order valence-corrected chi connectivity index (χ3v) is 16.2. The summed E-state index contributed by atoms with van der Waals surface area (Å²) in [6, 6.07) is 63.3. The van der Waals surface area contributed by atoms with Crippen LogP contribution in [0.5, 0.6) is 0 Å². The Morgan fingerprint density at radius 3 is 1.07 bits per heavy atom. The van der Waals surface area contributed by atoms with Gasteiger partial charge in [0.1, 0.15) is 0 Å². The van der Waals surface area contributed by atoms with E-state index in [2.05, 4.69) is 170 Å². The fourth-order valence-electron chi connectivity index (χ4n) is 6.15. The third kappa shape index (κ3) is 4.30. The Morgan fingerprint density at radius 1 is 0.350 bits per heavy atom. The second-order valence-electron chi connectivity index (χ2n) is 10.2. The molecular formula is C38H30P2. The largest absolute Gasteiger partial charge is 0.0622 e. The van der Waals surface area contributed by atoms with Crippen molar-refractivity contribution < 1.29 is 0 Å². The van der Waals surface area contributed by atoms with Gasteiger partial charge in [-0.25, -0.2) is 0 Å². The first-order valence-electron chi connectivity index (χ1n) is 13.8. The van der Waals surface area contributed by atoms with Gasteiger partial charge in [-0.15, -0.1) is 0 Å². The summed E-state index contributed by atoms with van der Waals surface area (Å²) in [6.07, 6.45) is 0. The average molecular weight is 549 g/mol. The van der Waals surface area contributed by atoms with Crippen LogP contribution in [0.15, 0.2) is 170 Å². The zero-order chi connectivity index (χ0) is 26.8. The number of hydrogen-bond acceptors (Lipinski definition) is 0. The first-order valence-corrected chi connectivity index (χ1v) is 17.3. The van der Waals surface area contributed by atoms with Crippen LogP contribution < -0.4 is 21.2 Å². The van der Waals surface area contributed by atoms with Gasteiger partial charge < -0.3 is 0 Å². The van der Waals surface area contributed by atoms with E-state index in [0.29, 0.717) is 0 Å². The van der Waals surface area contributed by atoms with Crippen LogP contribution >= 0.6 is 14.8 Å². The molecule has 0 fully saturated rings. The maximum absolute atomic E-state index is 2.39. The summed E-state index contributed by atoms with van der Waals surface area (Å²) in [5, 5.41) is 7.28. The van der Waals surface area contributed by atoms with Crippen LogP contribution in [0.3, 0.4) is 0 Å². The minimum absolute atomic E-state index is 0.652. The highest BCUT2D eigenvalue weighted by atomic mass is 31.2. The summed E-state index contributed by atoms with van der Waals surface area (Å²) in [6.45, 7) is -2.15. The molecule has 7 rings (SSSR count). The monoisotopic (exact) mass is 548 g/mol. The van der Waals surface area contributed by atoms with Crippen molar-refractivity contribution in [3.05, 3.63) is 181 Å². The van der Waals surface area contributed by atoms with Gasteiger partial charge in [0.2, 0.25) is 0 Å². The lowest BCUT2D eigenvalue weighted by atomic mass is 10.1. The van der Waals surface area contributed by atoms with E-state index in [1.165, 1.54) is 48.8 Å². The van der Waals surface area contributed by atoms with E-state index in [-0.39, 0.29) is 0 Å². The summed E-state index contributed by atoms with van der Waals surface area (Å²) in [7, 11) is -0.652. The van der Waals surface area contributed by atoms with Gasteiger partial charge >= 0.3 is 0 Å². The van der Waals surface area contributed by atoms with Crippen molar-refractivity contribution in [3.63, 3.8) is 0 Å². The molecular weight excluding hydrogens is 518 g/mol. The van der Waals surface area contributed by atoms with Gasteiger partial charge in [-0.3, -0.25) is 0 Å². The van der Waals surface area contributed by atoms with Crippen molar-refractivity contribution >= 4 is 41.3 Å². The molecule has 0 N–H and O–H groups in total. The topological polar surface area (TPSA) is 0 Å². The van der Waals surface area contributed by atoms with E-state index in [1.807, 2.05) is 0 Å². The zero-order valence-corrected chi connectivity index (χ0v) is 24.1. The Balaban J connectivity index is 1.65. The summed E-state index contributed by atoms with van der Waals surface area (Å²) in [4.78, 5) is 0. The number of benzene rings is 6. The fraction of sp³-hybridized carbons (Fsp3) is 0.0263. The van der Waals surface area contributed by atoms with Crippen LogP contribution in [0.2, 0.25) is 0 Å². The average Bonchev–Trinajstić information content (AvgIpc) is 3.38. The van der Waals surface area contributed by atoms with Crippen molar-refractivity contribution in [2.24, 2.45) is 0 Å². The minimum atomic E-state index is -2.15. The zero-order valence-electron chi connectivity index (χ0n) is 22.3. The van der Waals surface area contributed by atoms with Crippen molar-refractivity contribution in [2.75, 3.05) is 5.90 Å². The van der Waals surface area contributed by atoms with Gasteiger partial charge in [0.05, 0.1) is 0 Å². The molecule has 0 amide bonds. The second-order valence-corrected chi connectivity index (χ2v) is 16.3. The van der Waals surface area contributed by atoms with Crippen molar-refractivity contribution in [3.8, 4) is 11.1 Å². The molecule has 0 aliphatic heterocycles. The molecule has 0 atom stereocenters. The molecule has 6 aromatic carbocycles. The Bertz CT molecular complexity index is 1680. The Hall–Kier alpha value is -3.95. The Labute approximate surface area is 238 Å². The highest BCUT2D eigenvalue weighted by molar-refractivity contribution is 7.98. The first kappa shape index (κ1) is 25.0. The first-order chi connectivity index (χ1) is 19.9. The van der Waals surface area contributed by atoms with E-state index >= 15 is 0 Å². The molecule has 0 radical (unpaired) electrons. The molecule has 0 spiro atoms. The minimum Gasteiger partial charge on any atom is -0.0622 e. The molecule has 192 valence electrons. The molecule has 6 aromatic rings. The second kappa shape index (κ2) is 10.9. The van der Waals surface area contributed by atoms with Gasteiger partial charge in [0.15, 0.2) is 0 Å². The lowest BCUT2D eigenvalue weighted by Gasteiger charge is -2.35. The molecule has 0 bridgehead atoms. The third-order valence-electron chi connectivity index (χ3n) is 7.92. The summed E-state index contributed by atoms with van der Waals surface area (Å²) in [5.74, 6) is 1.07. The fourth-order valence-corrected chi connectivity index (χ4v) is 15.8. The predicted molar refractivity (Wildman–Crippen MR) is 178 cm³/mol. The molecule has 0 unspecified atom stereocenters. The van der Waals surface area contributed by atoms with Crippen LogP contribution in [0.4, 0.5) is 0 Å². The summed E-state index contributed by atoms with van der Waals surface area (Å²) >= 11 is 0. The molecule has 1 aliphatic carbocycles. The van der Waals surface area contributed by atoms with Crippen LogP contribution in [-0.2, 0) is 0 Å². The number of fused-ring (bicyclic) bond motifs is 3. The number of rotatable bonds is 6. The Morgan fingerprint density at radius 2 is 0.675 bits per heavy atom. The summed E-state index contributed by atoms with van der Waals surface area (Å²) < 4.78 is 0. The van der Waals surface area contributed by atoms with E-state index in [1.54, 1.807) is 0 Å². The SMILES string of the molecule is c1ccc(P(CP(=C2c3ccccc3-c3ccccc32)(c2ccccc2)c2ccccc2)c2ccccc2)cc1. The van der Waals surface area contributed by atoms with Gasteiger partial charge in [-0.1, -0.05) is 170 Å². The van der Waals surface area contributed by atoms with E-state index in [0.717, 1.165) is 5.90 Å². The number of hydrogen-bond donors (Lipinski definition) is 0. The van der Waals surface area contributed by atoms with Gasteiger partial charge in [-0.05, 0) is 63.6 Å². The molecule has 1 aliphatic rings. The molecule has 0 aromatic heterocycles. The standard InChI is InChI=1S/C38H30P2/c1-5-17-30(18-6-1)39(31-19-7-2-8-20-31)29-40(32-21-9-3-10-22-32,33-23-11-4-12-24-33)38-36-27-15-13-25-34(36)35-26-14-16-28-37(35)38/h1-28H,29H2. The smallest absolute Gasteiger partial charge is 0.00399 e. The highest BCUT2D eigenvalue weighted by Crippen LogP contribution is 2.60. The van der Waals surface area contributed by atoms with Gasteiger partial charge in [0, 0.05) is 5.90 Å². The highest BCUT2D eigenvalue weighted by Gasteiger charge is 2.37. The normalized spacial score (nSPS) is 12.3. The van der Waals surface area contributed by atoms with Gasteiger partial charge in [-0.2, -0.15) is 0 Å². The van der Waals surface area contributed by atoms with Crippen LogP contribution in [0.1, 0.15) is 11.1 Å². The molecule has 0 heterocycles. The van der Waals surface area contributed by atoms with E-state index < -0.39 is 14.8 Å². The quantitative estimate of drug-likeness (QED) is 0.185. The van der Waals surface area contributed by atoms with Crippen molar-refractivity contribution in [1.29, 1.82) is 0 Å². The molecule has 0 nitrogen and oxygen atoms in total. The van der Waals surface area contributed by atoms with E-state index in [4.69, 9.17) is 0 Å². The molecule has 0 saturated carbocycles. The van der Waals surface area contributed by atoms with Crippen LogP contribution in [-0.4, -0.2) is 11.2 Å². The van der Waals surface area contributed by atoms with Crippen LogP contribution in [0, 0.1) is 0 Å². The van der Waals surface area contributed by atoms with Crippen LogP contribution in [0.25, 0.3) is 11.1 Å². The van der Waals surface area contributed by atoms with Crippen molar-refractivity contribution in [2.45, 2.75) is 0 Å². The predicted octanol–water partition coefficient (Wildman–Crippen LogP) is 7.99. The lowest BCUT2D eigenvalue weighted by Crippen LogP contribution is -2.27. The molecule has 0 saturated heterocycles. The summed E-state index contributed by atoms with van der Waals surface area (Å²) in [5.41, 5.74) is 5.49. The van der Waals surface area contributed by atoms with E-state index in [9.17, 15) is 0 Å². The van der Waals surface area contributed by atoms with Crippen molar-refractivity contribution in [1.82, 2.24) is 0 Å². The lowest BCUT2D eigenvalue weighted by molar-refractivity contribution is 1.65. The molecule has 2 heteroatoms. The maximum Gasteiger partial charge on any atom is 0.00399 e. The Kier molecular flexibility index (Phi) is 6.83. The van der Waals surface area contributed by atoms with Gasteiger partial charge in [0.25, 0.3) is 0 Å². The molecule has 40 heavy (non-hydrogen) atoms.